The van der Waals surface area contributed by atoms with Crippen LogP contribution in [-0.2, 0) is 12.0 Å². The molecule has 1 saturated heterocycles. The van der Waals surface area contributed by atoms with Gasteiger partial charge < -0.3 is 20.4 Å². The number of likely N-dealkylation sites (N-methyl/N-ethyl adjacent to an activating group) is 1. The molecule has 0 atom stereocenters. The number of anilines is 1. The van der Waals surface area contributed by atoms with Crippen molar-refractivity contribution in [3.8, 4) is 0 Å². The molecule has 1 aromatic carbocycles. The molecule has 1 aliphatic carbocycles. The molecule has 2 N–H and O–H groups in total. The van der Waals surface area contributed by atoms with E-state index in [1.165, 1.54) is 18.4 Å². The molecule has 2 heterocycles. The van der Waals surface area contributed by atoms with Crippen molar-refractivity contribution in [1.29, 1.82) is 0 Å². The quantitative estimate of drug-likeness (QED) is 0.349. The lowest BCUT2D eigenvalue weighted by atomic mass is 9.96. The Morgan fingerprint density at radius 2 is 1.77 bits per heavy atom. The van der Waals surface area contributed by atoms with Crippen molar-refractivity contribution in [3.05, 3.63) is 59.8 Å². The average molecular weight is 520 g/mol. The average Bonchev–Trinajstić information content (AvgIpc) is 3.57. The summed E-state index contributed by atoms with van der Waals surface area (Å²) in [7, 11) is 4.00. The standard InChI is InChI=1S/C23H32N6.HI/c1-24-22(27-18-23(10-11-23)20-6-4-3-5-7-20)26-17-19-8-9-21(25-16-19)29-14-12-28(2)13-15-29;/h3-9,16H,10-15,17-18H2,1-2H3,(H2,24,26,27);1H. The lowest BCUT2D eigenvalue weighted by molar-refractivity contribution is 0.312. The number of rotatable bonds is 6. The number of nitrogens with zero attached hydrogens (tertiary/aromatic N) is 4. The Hall–Kier alpha value is -1.87. The summed E-state index contributed by atoms with van der Waals surface area (Å²) >= 11 is 0. The van der Waals surface area contributed by atoms with Gasteiger partial charge in [-0.05, 0) is 37.1 Å². The fraction of sp³-hybridized carbons (Fsp3) is 0.478. The molecule has 30 heavy (non-hydrogen) atoms. The van der Waals surface area contributed by atoms with E-state index in [1.807, 2.05) is 13.2 Å². The van der Waals surface area contributed by atoms with Crippen molar-refractivity contribution in [1.82, 2.24) is 20.5 Å². The molecule has 2 fully saturated rings. The molecule has 6 nitrogen and oxygen atoms in total. The summed E-state index contributed by atoms with van der Waals surface area (Å²) in [6, 6.07) is 15.1. The number of hydrogen-bond acceptors (Lipinski definition) is 4. The summed E-state index contributed by atoms with van der Waals surface area (Å²) in [5.41, 5.74) is 2.85. The lowest BCUT2D eigenvalue weighted by Gasteiger charge is -2.33. The SMILES string of the molecule is CN=C(NCc1ccc(N2CCN(C)CC2)nc1)NCC1(c2ccccc2)CC1.I. The summed E-state index contributed by atoms with van der Waals surface area (Å²) < 4.78 is 0. The zero-order valence-corrected chi connectivity index (χ0v) is 20.3. The molecule has 1 aliphatic heterocycles. The van der Waals surface area contributed by atoms with E-state index in [0.717, 1.165) is 50.1 Å². The van der Waals surface area contributed by atoms with Crippen LogP contribution in [0.2, 0.25) is 0 Å². The molecule has 162 valence electrons. The van der Waals surface area contributed by atoms with Gasteiger partial charge in [0, 0.05) is 57.9 Å². The summed E-state index contributed by atoms with van der Waals surface area (Å²) in [4.78, 5) is 13.8. The van der Waals surface area contributed by atoms with Crippen molar-refractivity contribution in [2.24, 2.45) is 4.99 Å². The predicted molar refractivity (Wildman–Crippen MR) is 135 cm³/mol. The largest absolute Gasteiger partial charge is 0.356 e. The van der Waals surface area contributed by atoms with Gasteiger partial charge in [-0.3, -0.25) is 4.99 Å². The Morgan fingerprint density at radius 1 is 1.03 bits per heavy atom. The Balaban J connectivity index is 0.00000256. The van der Waals surface area contributed by atoms with Gasteiger partial charge in [0.25, 0.3) is 0 Å². The van der Waals surface area contributed by atoms with Gasteiger partial charge in [0.15, 0.2) is 5.96 Å². The van der Waals surface area contributed by atoms with Crippen LogP contribution in [0.1, 0.15) is 24.0 Å². The molecular formula is C23H33IN6. The minimum Gasteiger partial charge on any atom is -0.356 e. The number of pyridine rings is 1. The van der Waals surface area contributed by atoms with E-state index in [9.17, 15) is 0 Å². The van der Waals surface area contributed by atoms with Gasteiger partial charge in [-0.15, -0.1) is 24.0 Å². The second kappa shape index (κ2) is 10.4. The van der Waals surface area contributed by atoms with Crippen LogP contribution in [0.15, 0.2) is 53.7 Å². The van der Waals surface area contributed by atoms with Crippen LogP contribution < -0.4 is 15.5 Å². The van der Waals surface area contributed by atoms with Crippen LogP contribution >= 0.6 is 24.0 Å². The molecule has 0 bridgehead atoms. The third-order valence-electron chi connectivity index (χ3n) is 6.15. The van der Waals surface area contributed by atoms with E-state index in [1.54, 1.807) is 0 Å². The second-order valence-corrected chi connectivity index (χ2v) is 8.24. The summed E-state index contributed by atoms with van der Waals surface area (Å²) in [6.07, 6.45) is 4.44. The van der Waals surface area contributed by atoms with Crippen LogP contribution in [0.5, 0.6) is 0 Å². The first kappa shape index (κ1) is 22.8. The number of aliphatic imine (C=N–C) groups is 1. The van der Waals surface area contributed by atoms with Gasteiger partial charge in [0.2, 0.25) is 0 Å². The van der Waals surface area contributed by atoms with Gasteiger partial charge in [0.05, 0.1) is 0 Å². The Kier molecular flexibility index (Phi) is 7.93. The lowest BCUT2D eigenvalue weighted by Crippen LogP contribution is -2.44. The molecule has 4 rings (SSSR count). The maximum absolute atomic E-state index is 4.67. The third kappa shape index (κ3) is 5.63. The highest BCUT2D eigenvalue weighted by Gasteiger charge is 2.43. The first-order chi connectivity index (χ1) is 14.2. The maximum Gasteiger partial charge on any atom is 0.191 e. The normalized spacial score (nSPS) is 18.5. The Bertz CT molecular complexity index is 811. The van der Waals surface area contributed by atoms with Gasteiger partial charge >= 0.3 is 0 Å². The third-order valence-corrected chi connectivity index (χ3v) is 6.15. The molecule has 0 unspecified atom stereocenters. The van der Waals surface area contributed by atoms with Crippen molar-refractivity contribution in [2.75, 3.05) is 51.7 Å². The van der Waals surface area contributed by atoms with Gasteiger partial charge in [-0.2, -0.15) is 0 Å². The molecule has 0 radical (unpaired) electrons. The number of benzene rings is 1. The highest BCUT2D eigenvalue weighted by molar-refractivity contribution is 14.0. The zero-order chi connectivity index (χ0) is 20.1. The van der Waals surface area contributed by atoms with Crippen molar-refractivity contribution in [2.45, 2.75) is 24.8 Å². The topological polar surface area (TPSA) is 55.8 Å². The fourth-order valence-corrected chi connectivity index (χ4v) is 3.91. The van der Waals surface area contributed by atoms with Crippen molar-refractivity contribution >= 4 is 35.8 Å². The van der Waals surface area contributed by atoms with Crippen LogP contribution in [-0.4, -0.2) is 62.7 Å². The number of guanidine groups is 1. The molecule has 7 heteroatoms. The van der Waals surface area contributed by atoms with Crippen molar-refractivity contribution in [3.63, 3.8) is 0 Å². The fourth-order valence-electron chi connectivity index (χ4n) is 3.91. The van der Waals surface area contributed by atoms with E-state index in [2.05, 4.69) is 79.9 Å². The van der Waals surface area contributed by atoms with E-state index in [4.69, 9.17) is 0 Å². The van der Waals surface area contributed by atoms with Gasteiger partial charge in [-0.25, -0.2) is 4.98 Å². The van der Waals surface area contributed by atoms with Crippen LogP contribution in [0, 0.1) is 0 Å². The highest BCUT2D eigenvalue weighted by atomic mass is 127. The molecule has 0 amide bonds. The van der Waals surface area contributed by atoms with Crippen molar-refractivity contribution < 1.29 is 0 Å². The number of halogens is 1. The highest BCUT2D eigenvalue weighted by Crippen LogP contribution is 2.47. The number of hydrogen-bond donors (Lipinski definition) is 2. The van der Waals surface area contributed by atoms with Gasteiger partial charge in [-0.1, -0.05) is 36.4 Å². The van der Waals surface area contributed by atoms with Crippen LogP contribution in [0.3, 0.4) is 0 Å². The zero-order valence-electron chi connectivity index (χ0n) is 18.0. The Labute approximate surface area is 197 Å². The summed E-state index contributed by atoms with van der Waals surface area (Å²) in [5, 5.41) is 6.93. The van der Waals surface area contributed by atoms with Crippen LogP contribution in [0.25, 0.3) is 0 Å². The summed E-state index contributed by atoms with van der Waals surface area (Å²) in [6.45, 7) is 5.90. The minimum absolute atomic E-state index is 0. The van der Waals surface area contributed by atoms with E-state index < -0.39 is 0 Å². The first-order valence-corrected chi connectivity index (χ1v) is 10.6. The second-order valence-electron chi connectivity index (χ2n) is 8.24. The smallest absolute Gasteiger partial charge is 0.191 e. The molecule has 2 aliphatic rings. The van der Waals surface area contributed by atoms with Crippen LogP contribution in [0.4, 0.5) is 5.82 Å². The molecule has 1 aromatic heterocycles. The predicted octanol–water partition coefficient (Wildman–Crippen LogP) is 2.85. The Morgan fingerprint density at radius 3 is 2.37 bits per heavy atom. The number of piperazine rings is 1. The molecule has 0 spiro atoms. The first-order valence-electron chi connectivity index (χ1n) is 10.6. The summed E-state index contributed by atoms with van der Waals surface area (Å²) in [5.74, 6) is 1.92. The molecule has 1 saturated carbocycles. The number of aromatic nitrogens is 1. The van der Waals surface area contributed by atoms with E-state index in [0.29, 0.717) is 6.54 Å². The molecular weight excluding hydrogens is 487 g/mol. The minimum atomic E-state index is 0. The van der Waals surface area contributed by atoms with Gasteiger partial charge in [0.1, 0.15) is 5.82 Å². The number of nitrogens with one attached hydrogen (secondary N) is 2. The molecule has 2 aromatic rings. The monoisotopic (exact) mass is 520 g/mol. The maximum atomic E-state index is 4.67. The van der Waals surface area contributed by atoms with E-state index >= 15 is 0 Å². The van der Waals surface area contributed by atoms with E-state index in [-0.39, 0.29) is 29.4 Å².